The molecule has 0 amide bonds. The van der Waals surface area contributed by atoms with Crippen molar-refractivity contribution in [2.75, 3.05) is 0 Å². The van der Waals surface area contributed by atoms with Gasteiger partial charge < -0.3 is 4.42 Å². The molecule has 0 aliphatic heterocycles. The quantitative estimate of drug-likeness (QED) is 0.641. The van der Waals surface area contributed by atoms with Crippen molar-refractivity contribution in [3.63, 3.8) is 0 Å². The molecule has 0 aliphatic carbocycles. The Kier molecular flexibility index (Phi) is 2.40. The van der Waals surface area contributed by atoms with Crippen molar-refractivity contribution in [2.24, 2.45) is 5.73 Å². The van der Waals surface area contributed by atoms with E-state index in [2.05, 4.69) is 6.92 Å². The van der Waals surface area contributed by atoms with Gasteiger partial charge in [0, 0.05) is 12.8 Å². The first-order valence-corrected chi connectivity index (χ1v) is 3.40. The molecular formula is C8H12NO+. The van der Waals surface area contributed by atoms with Crippen LogP contribution in [0.15, 0.2) is 22.8 Å². The lowest BCUT2D eigenvalue weighted by Gasteiger charge is -1.94. The molecule has 10 heavy (non-hydrogen) atoms. The van der Waals surface area contributed by atoms with Gasteiger partial charge >= 0.3 is 0 Å². The van der Waals surface area contributed by atoms with Gasteiger partial charge in [0.1, 0.15) is 11.8 Å². The summed E-state index contributed by atoms with van der Waals surface area (Å²) in [6.07, 6.45) is 3.44. The van der Waals surface area contributed by atoms with Gasteiger partial charge in [0.2, 0.25) is 0 Å². The van der Waals surface area contributed by atoms with Gasteiger partial charge in [-0.2, -0.15) is 0 Å². The number of aryl methyl sites for hydroxylation is 1. The van der Waals surface area contributed by atoms with Crippen LogP contribution in [-0.4, -0.2) is 6.04 Å². The number of nitrogens with two attached hydrogens (primary N) is 1. The summed E-state index contributed by atoms with van der Waals surface area (Å²) >= 11 is 0. The van der Waals surface area contributed by atoms with Gasteiger partial charge in [-0.1, -0.05) is 0 Å². The summed E-state index contributed by atoms with van der Waals surface area (Å²) in [7, 11) is 0. The third-order valence-electron chi connectivity index (χ3n) is 1.34. The summed E-state index contributed by atoms with van der Waals surface area (Å²) < 4.78 is 5.10. The zero-order valence-electron chi connectivity index (χ0n) is 5.92. The first-order valence-electron chi connectivity index (χ1n) is 3.40. The van der Waals surface area contributed by atoms with Crippen LogP contribution in [0.2, 0.25) is 0 Å². The number of hydrogen-bond acceptors (Lipinski definition) is 2. The van der Waals surface area contributed by atoms with Gasteiger partial charge in [-0.25, -0.2) is 0 Å². The maximum Gasteiger partial charge on any atom is 0.144 e. The van der Waals surface area contributed by atoms with E-state index in [9.17, 15) is 0 Å². The highest BCUT2D eigenvalue weighted by Gasteiger charge is 2.02. The molecule has 1 atom stereocenters. The largest absolute Gasteiger partial charge is 0.469 e. The van der Waals surface area contributed by atoms with Crippen LogP contribution in [0, 0.1) is 6.92 Å². The number of hydrogen-bond donors (Lipinski definition) is 1. The fourth-order valence-electron chi connectivity index (χ4n) is 0.782. The average Bonchev–Trinajstić information content (AvgIpc) is 2.34. The minimum atomic E-state index is 0.0186. The smallest absolute Gasteiger partial charge is 0.144 e. The van der Waals surface area contributed by atoms with Crippen LogP contribution in [0.4, 0.5) is 0 Å². The number of furan rings is 1. The third kappa shape index (κ3) is 2.15. The second-order valence-electron chi connectivity index (χ2n) is 2.38. The maximum absolute atomic E-state index is 5.46. The van der Waals surface area contributed by atoms with Crippen LogP contribution in [0.3, 0.4) is 0 Å². The van der Waals surface area contributed by atoms with Crippen LogP contribution >= 0.6 is 0 Å². The van der Waals surface area contributed by atoms with Crippen molar-refractivity contribution in [3.05, 3.63) is 31.1 Å². The van der Waals surface area contributed by atoms with Crippen molar-refractivity contribution in [1.82, 2.24) is 0 Å². The summed E-state index contributed by atoms with van der Waals surface area (Å²) in [6, 6.07) is 3.84. The van der Waals surface area contributed by atoms with Crippen LogP contribution in [0.25, 0.3) is 0 Å². The minimum Gasteiger partial charge on any atom is -0.469 e. The standard InChI is InChI=1S/C8H12NO/c1-7(9)4-5-8-3-2-6-10-8/h2-3,6-7H,1,4-5,9H2/q+1. The monoisotopic (exact) mass is 138 g/mol. The molecular weight excluding hydrogens is 126 g/mol. The Bertz CT molecular complexity index is 167. The van der Waals surface area contributed by atoms with E-state index in [0.29, 0.717) is 0 Å². The van der Waals surface area contributed by atoms with Crippen LogP contribution in [0.5, 0.6) is 0 Å². The number of rotatable bonds is 3. The molecule has 0 aromatic carbocycles. The Morgan fingerprint density at radius 2 is 2.50 bits per heavy atom. The summed E-state index contributed by atoms with van der Waals surface area (Å²) in [4.78, 5) is 0. The summed E-state index contributed by atoms with van der Waals surface area (Å²) in [5.41, 5.74) is 5.46. The molecule has 0 radical (unpaired) electrons. The van der Waals surface area contributed by atoms with E-state index in [1.807, 2.05) is 12.1 Å². The zero-order valence-corrected chi connectivity index (χ0v) is 5.92. The molecule has 1 rings (SSSR count). The fourth-order valence-corrected chi connectivity index (χ4v) is 0.782. The highest BCUT2D eigenvalue weighted by atomic mass is 16.3. The second-order valence-corrected chi connectivity index (χ2v) is 2.38. The molecule has 0 fully saturated rings. The fraction of sp³-hybridized carbons (Fsp3) is 0.375. The Labute approximate surface area is 61.0 Å². The summed E-state index contributed by atoms with van der Waals surface area (Å²) in [6.45, 7) is 3.67. The normalized spacial score (nSPS) is 13.3. The van der Waals surface area contributed by atoms with Crippen LogP contribution < -0.4 is 5.73 Å². The molecule has 2 N–H and O–H groups in total. The van der Waals surface area contributed by atoms with Crippen molar-refractivity contribution in [1.29, 1.82) is 0 Å². The molecule has 2 nitrogen and oxygen atoms in total. The second kappa shape index (κ2) is 3.32. The Balaban J connectivity index is 2.28. The zero-order chi connectivity index (χ0) is 7.40. The summed E-state index contributed by atoms with van der Waals surface area (Å²) in [5, 5.41) is 0. The minimum absolute atomic E-state index is 0.0186. The molecule has 2 heteroatoms. The molecule has 1 aromatic rings. The molecule has 0 saturated carbocycles. The lowest BCUT2D eigenvalue weighted by Crippen LogP contribution is -2.15. The molecule has 1 heterocycles. The van der Waals surface area contributed by atoms with Gasteiger partial charge in [-0.3, -0.25) is 5.73 Å². The van der Waals surface area contributed by atoms with E-state index in [1.54, 1.807) is 6.26 Å². The van der Waals surface area contributed by atoms with Crippen molar-refractivity contribution >= 4 is 0 Å². The van der Waals surface area contributed by atoms with E-state index in [-0.39, 0.29) is 6.04 Å². The Morgan fingerprint density at radius 3 is 3.00 bits per heavy atom. The third-order valence-corrected chi connectivity index (χ3v) is 1.34. The van der Waals surface area contributed by atoms with Gasteiger partial charge in [-0.05, 0) is 12.1 Å². The molecule has 0 spiro atoms. The van der Waals surface area contributed by atoms with Crippen molar-refractivity contribution in [3.8, 4) is 0 Å². The van der Waals surface area contributed by atoms with Gasteiger partial charge in [0.15, 0.2) is 0 Å². The van der Waals surface area contributed by atoms with Crippen molar-refractivity contribution < 1.29 is 4.42 Å². The Morgan fingerprint density at radius 1 is 1.70 bits per heavy atom. The molecule has 1 aromatic heterocycles. The topological polar surface area (TPSA) is 39.2 Å². The predicted octanol–water partition coefficient (Wildman–Crippen LogP) is 1.37. The van der Waals surface area contributed by atoms with Crippen LogP contribution in [-0.2, 0) is 6.42 Å². The van der Waals surface area contributed by atoms with Gasteiger partial charge in [0.05, 0.1) is 13.2 Å². The van der Waals surface area contributed by atoms with Gasteiger partial charge in [-0.15, -0.1) is 0 Å². The van der Waals surface area contributed by atoms with Gasteiger partial charge in [0.25, 0.3) is 0 Å². The predicted molar refractivity (Wildman–Crippen MR) is 40.4 cm³/mol. The summed E-state index contributed by atoms with van der Waals surface area (Å²) in [5.74, 6) is 0.985. The van der Waals surface area contributed by atoms with E-state index in [0.717, 1.165) is 18.6 Å². The SMILES string of the molecule is [CH2+]C(N)CCc1ccco1. The van der Waals surface area contributed by atoms with E-state index in [1.165, 1.54) is 0 Å². The molecule has 54 valence electrons. The first kappa shape index (κ1) is 7.22. The highest BCUT2D eigenvalue weighted by Crippen LogP contribution is 2.03. The first-order chi connectivity index (χ1) is 4.79. The highest BCUT2D eigenvalue weighted by molar-refractivity contribution is 4.98. The lowest BCUT2D eigenvalue weighted by molar-refractivity contribution is 0.496. The lowest BCUT2D eigenvalue weighted by atomic mass is 10.2. The molecule has 1 unspecified atom stereocenters. The van der Waals surface area contributed by atoms with E-state index >= 15 is 0 Å². The molecule has 0 bridgehead atoms. The molecule has 0 aliphatic rings. The van der Waals surface area contributed by atoms with Crippen molar-refractivity contribution in [2.45, 2.75) is 18.9 Å². The Hall–Kier alpha value is -0.890. The maximum atomic E-state index is 5.46. The van der Waals surface area contributed by atoms with E-state index < -0.39 is 0 Å². The molecule has 0 saturated heterocycles. The average molecular weight is 138 g/mol. The van der Waals surface area contributed by atoms with Crippen LogP contribution in [0.1, 0.15) is 12.2 Å². The van der Waals surface area contributed by atoms with E-state index in [4.69, 9.17) is 10.2 Å².